The Hall–Kier alpha value is -3.41. The number of rotatable bonds is 4. The molecular formula is C25H26N4O2. The van der Waals surface area contributed by atoms with Gasteiger partial charge in [-0.1, -0.05) is 55.8 Å². The van der Waals surface area contributed by atoms with Crippen LogP contribution in [0.1, 0.15) is 49.4 Å². The molecule has 2 aliphatic rings. The van der Waals surface area contributed by atoms with Crippen molar-refractivity contribution in [1.29, 1.82) is 0 Å². The summed E-state index contributed by atoms with van der Waals surface area (Å²) in [5, 5.41) is 7.75. The van der Waals surface area contributed by atoms with E-state index in [9.17, 15) is 4.79 Å². The zero-order chi connectivity index (χ0) is 21.6. The lowest BCUT2D eigenvalue weighted by Crippen LogP contribution is -2.36. The highest BCUT2D eigenvalue weighted by Crippen LogP contribution is 2.45. The number of nitrogens with zero attached hydrogens (tertiary/aromatic N) is 3. The molecule has 0 spiro atoms. The highest BCUT2D eigenvalue weighted by molar-refractivity contribution is 6.00. The molecule has 6 nitrogen and oxygen atoms in total. The number of Topliss-reactive ketones (excluding diaryl/α,β-unsaturated/α-hetero) is 1. The van der Waals surface area contributed by atoms with Gasteiger partial charge in [0.25, 0.3) is 0 Å². The molecule has 0 bridgehead atoms. The lowest BCUT2D eigenvalue weighted by atomic mass is 9.73. The molecule has 0 saturated heterocycles. The van der Waals surface area contributed by atoms with Crippen LogP contribution in [0.4, 0.5) is 5.95 Å². The number of carbonyl (C=O) groups is 1. The average molecular weight is 415 g/mol. The summed E-state index contributed by atoms with van der Waals surface area (Å²) < 4.78 is 7.76. The van der Waals surface area contributed by atoms with Crippen molar-refractivity contribution in [2.24, 2.45) is 5.41 Å². The molecule has 31 heavy (non-hydrogen) atoms. The molecule has 0 radical (unpaired) electrons. The number of aryl methyl sites for hydroxylation is 1. The SMILES string of the molecule is Cc1ccc(COc2ccc(C3C4=C(CC(C)(C)CC4=O)Nc4ncnn43)cc2)cc1. The van der Waals surface area contributed by atoms with Gasteiger partial charge in [0.1, 0.15) is 24.7 Å². The summed E-state index contributed by atoms with van der Waals surface area (Å²) in [5.74, 6) is 1.64. The molecule has 2 heterocycles. The fourth-order valence-electron chi connectivity index (χ4n) is 4.45. The largest absolute Gasteiger partial charge is 0.489 e. The summed E-state index contributed by atoms with van der Waals surface area (Å²) in [7, 11) is 0. The van der Waals surface area contributed by atoms with Crippen LogP contribution in [0.15, 0.2) is 66.1 Å². The number of ketones is 1. The highest BCUT2D eigenvalue weighted by atomic mass is 16.5. The molecule has 2 aromatic carbocycles. The number of carbonyl (C=O) groups excluding carboxylic acids is 1. The van der Waals surface area contributed by atoms with Crippen LogP contribution >= 0.6 is 0 Å². The van der Waals surface area contributed by atoms with E-state index in [1.54, 1.807) is 4.68 Å². The fourth-order valence-corrected chi connectivity index (χ4v) is 4.45. The van der Waals surface area contributed by atoms with Gasteiger partial charge in [-0.25, -0.2) is 4.68 Å². The molecule has 1 unspecified atom stereocenters. The van der Waals surface area contributed by atoms with E-state index < -0.39 is 0 Å². The number of aromatic nitrogens is 3. The molecule has 0 amide bonds. The monoisotopic (exact) mass is 414 g/mol. The van der Waals surface area contributed by atoms with Crippen LogP contribution in [0.25, 0.3) is 0 Å². The van der Waals surface area contributed by atoms with Gasteiger partial charge in [0, 0.05) is 17.7 Å². The van der Waals surface area contributed by atoms with E-state index in [0.717, 1.165) is 34.6 Å². The van der Waals surface area contributed by atoms with Crippen molar-refractivity contribution < 1.29 is 9.53 Å². The van der Waals surface area contributed by atoms with Crippen LogP contribution in [0.2, 0.25) is 0 Å². The zero-order valence-electron chi connectivity index (χ0n) is 18.1. The molecule has 5 rings (SSSR count). The minimum Gasteiger partial charge on any atom is -0.489 e. The first kappa shape index (κ1) is 19.5. The van der Waals surface area contributed by atoms with E-state index in [0.29, 0.717) is 19.0 Å². The van der Waals surface area contributed by atoms with Gasteiger partial charge in [-0.15, -0.1) is 0 Å². The summed E-state index contributed by atoms with van der Waals surface area (Å²) in [4.78, 5) is 17.5. The molecular weight excluding hydrogens is 388 g/mol. The second-order valence-corrected chi connectivity index (χ2v) is 9.23. The van der Waals surface area contributed by atoms with Crippen LogP contribution in [0, 0.1) is 12.3 Å². The Kier molecular flexibility index (Phi) is 4.65. The third kappa shape index (κ3) is 3.74. The minimum atomic E-state index is -0.275. The second-order valence-electron chi connectivity index (χ2n) is 9.23. The fraction of sp³-hybridized carbons (Fsp3) is 0.320. The molecule has 158 valence electrons. The third-order valence-electron chi connectivity index (χ3n) is 6.00. The number of hydrogen-bond acceptors (Lipinski definition) is 5. The van der Waals surface area contributed by atoms with Crippen LogP contribution in [-0.2, 0) is 11.4 Å². The lowest BCUT2D eigenvalue weighted by Gasteiger charge is -2.38. The molecule has 3 aromatic rings. The maximum Gasteiger partial charge on any atom is 0.226 e. The van der Waals surface area contributed by atoms with E-state index in [4.69, 9.17) is 4.74 Å². The molecule has 1 aromatic heterocycles. The number of benzene rings is 2. The van der Waals surface area contributed by atoms with Gasteiger partial charge in [0.05, 0.1) is 0 Å². The van der Waals surface area contributed by atoms with Gasteiger partial charge in [-0.2, -0.15) is 10.1 Å². The summed E-state index contributed by atoms with van der Waals surface area (Å²) in [5.41, 5.74) is 5.06. The first-order valence-corrected chi connectivity index (χ1v) is 10.6. The molecule has 1 atom stereocenters. The first-order valence-electron chi connectivity index (χ1n) is 10.6. The Morgan fingerprint density at radius 1 is 1.10 bits per heavy atom. The topological polar surface area (TPSA) is 69.0 Å². The van der Waals surface area contributed by atoms with Crippen LogP contribution in [0.5, 0.6) is 5.75 Å². The first-order chi connectivity index (χ1) is 14.9. The zero-order valence-corrected chi connectivity index (χ0v) is 18.1. The Morgan fingerprint density at radius 3 is 2.58 bits per heavy atom. The molecule has 1 aliphatic carbocycles. The Morgan fingerprint density at radius 2 is 1.84 bits per heavy atom. The number of allylic oxidation sites excluding steroid dienone is 2. The van der Waals surface area contributed by atoms with Crippen molar-refractivity contribution in [2.45, 2.75) is 46.3 Å². The standard InChI is InChI=1S/C25H26N4O2/c1-16-4-6-17(7-5-16)14-31-19-10-8-18(9-11-19)23-22-20(12-25(2,3)13-21(22)30)28-24-26-15-27-29(23)24/h4-11,15,23H,12-14H2,1-3H3,(H,26,27,28). The van der Waals surface area contributed by atoms with Gasteiger partial charge in [0.15, 0.2) is 5.78 Å². The maximum atomic E-state index is 13.1. The van der Waals surface area contributed by atoms with Gasteiger partial charge in [-0.05, 0) is 42.0 Å². The number of hydrogen-bond donors (Lipinski definition) is 1. The summed E-state index contributed by atoms with van der Waals surface area (Å²) in [6.45, 7) is 6.85. The third-order valence-corrected chi connectivity index (χ3v) is 6.00. The van der Waals surface area contributed by atoms with Crippen LogP contribution in [0.3, 0.4) is 0 Å². The van der Waals surface area contributed by atoms with Crippen molar-refractivity contribution in [1.82, 2.24) is 14.8 Å². The van der Waals surface area contributed by atoms with Crippen molar-refractivity contribution in [3.05, 3.63) is 82.8 Å². The molecule has 0 fully saturated rings. The van der Waals surface area contributed by atoms with E-state index in [2.05, 4.69) is 60.4 Å². The predicted molar refractivity (Wildman–Crippen MR) is 119 cm³/mol. The molecule has 6 heteroatoms. The van der Waals surface area contributed by atoms with Gasteiger partial charge < -0.3 is 10.1 Å². The van der Waals surface area contributed by atoms with E-state index in [1.165, 1.54) is 11.9 Å². The molecule has 0 saturated carbocycles. The minimum absolute atomic E-state index is 0.0661. The van der Waals surface area contributed by atoms with Gasteiger partial charge >= 0.3 is 0 Å². The van der Waals surface area contributed by atoms with E-state index >= 15 is 0 Å². The Balaban J connectivity index is 1.42. The number of nitrogens with one attached hydrogen (secondary N) is 1. The second kappa shape index (κ2) is 7.38. The van der Waals surface area contributed by atoms with E-state index in [1.807, 2.05) is 24.3 Å². The number of ether oxygens (including phenoxy) is 1. The van der Waals surface area contributed by atoms with Crippen LogP contribution in [-0.4, -0.2) is 20.5 Å². The average Bonchev–Trinajstić information content (AvgIpc) is 3.19. The van der Waals surface area contributed by atoms with Gasteiger partial charge in [0.2, 0.25) is 5.95 Å². The lowest BCUT2D eigenvalue weighted by molar-refractivity contribution is -0.118. The van der Waals surface area contributed by atoms with Gasteiger partial charge in [-0.3, -0.25) is 4.79 Å². The quantitative estimate of drug-likeness (QED) is 0.663. The van der Waals surface area contributed by atoms with Crippen molar-refractivity contribution >= 4 is 11.7 Å². The smallest absolute Gasteiger partial charge is 0.226 e. The Labute approximate surface area is 182 Å². The maximum absolute atomic E-state index is 13.1. The normalized spacial score (nSPS) is 19.5. The highest BCUT2D eigenvalue weighted by Gasteiger charge is 2.41. The van der Waals surface area contributed by atoms with Crippen molar-refractivity contribution in [3.63, 3.8) is 0 Å². The van der Waals surface area contributed by atoms with E-state index in [-0.39, 0.29) is 17.2 Å². The van der Waals surface area contributed by atoms with Crippen LogP contribution < -0.4 is 10.1 Å². The van der Waals surface area contributed by atoms with Crippen molar-refractivity contribution in [3.8, 4) is 5.75 Å². The summed E-state index contributed by atoms with van der Waals surface area (Å²) >= 11 is 0. The number of anilines is 1. The molecule has 1 N–H and O–H groups in total. The summed E-state index contributed by atoms with van der Waals surface area (Å²) in [6.07, 6.45) is 2.88. The predicted octanol–water partition coefficient (Wildman–Crippen LogP) is 4.82. The number of fused-ring (bicyclic) bond motifs is 1. The summed E-state index contributed by atoms with van der Waals surface area (Å²) in [6, 6.07) is 16.0. The van der Waals surface area contributed by atoms with Crippen molar-refractivity contribution in [2.75, 3.05) is 5.32 Å². The Bertz CT molecular complexity index is 1160. The molecule has 1 aliphatic heterocycles.